The molecule has 0 aromatic heterocycles. The van der Waals surface area contributed by atoms with Gasteiger partial charge < -0.3 is 24.3 Å². The lowest BCUT2D eigenvalue weighted by atomic mass is 10.1. The maximum atomic E-state index is 12.0. The van der Waals surface area contributed by atoms with Crippen molar-refractivity contribution in [1.82, 2.24) is 5.32 Å². The summed E-state index contributed by atoms with van der Waals surface area (Å²) >= 11 is 1.58. The summed E-state index contributed by atoms with van der Waals surface area (Å²) in [4.78, 5) is 25.1. The second-order valence-corrected chi connectivity index (χ2v) is 6.49. The van der Waals surface area contributed by atoms with Gasteiger partial charge in [-0.15, -0.1) is 11.8 Å². The maximum Gasteiger partial charge on any atom is 0.338 e. The van der Waals surface area contributed by atoms with Crippen molar-refractivity contribution < 1.29 is 28.5 Å². The highest BCUT2D eigenvalue weighted by molar-refractivity contribution is 7.98. The molecule has 28 heavy (non-hydrogen) atoms. The quantitative estimate of drug-likeness (QED) is 0.507. The Morgan fingerprint density at radius 1 is 0.964 bits per heavy atom. The third kappa shape index (κ3) is 5.56. The molecule has 2 aromatic carbocycles. The molecule has 0 aliphatic heterocycles. The van der Waals surface area contributed by atoms with Gasteiger partial charge in [-0.25, -0.2) is 4.79 Å². The Morgan fingerprint density at radius 2 is 1.57 bits per heavy atom. The van der Waals surface area contributed by atoms with Gasteiger partial charge in [-0.2, -0.15) is 0 Å². The van der Waals surface area contributed by atoms with Crippen LogP contribution in [0, 0.1) is 0 Å². The molecule has 0 saturated heterocycles. The van der Waals surface area contributed by atoms with Crippen LogP contribution >= 0.6 is 11.8 Å². The Kier molecular flexibility index (Phi) is 8.01. The maximum absolute atomic E-state index is 12.0. The van der Waals surface area contributed by atoms with E-state index >= 15 is 0 Å². The fourth-order valence-corrected chi connectivity index (χ4v) is 2.84. The zero-order valence-corrected chi connectivity index (χ0v) is 17.1. The predicted molar refractivity (Wildman–Crippen MR) is 106 cm³/mol. The molecular weight excluding hydrogens is 382 g/mol. The van der Waals surface area contributed by atoms with E-state index in [1.807, 2.05) is 18.4 Å². The number of methoxy groups -OCH3 is 3. The van der Waals surface area contributed by atoms with Crippen molar-refractivity contribution >= 4 is 23.6 Å². The summed E-state index contributed by atoms with van der Waals surface area (Å²) in [6.07, 6.45) is 1.95. The average Bonchev–Trinajstić information content (AvgIpc) is 2.74. The normalized spacial score (nSPS) is 10.1. The predicted octanol–water partition coefficient (Wildman–Crippen LogP) is 2.91. The number of ether oxygens (including phenoxy) is 4. The molecule has 0 unspecified atom stereocenters. The summed E-state index contributed by atoms with van der Waals surface area (Å²) in [6, 6.07) is 10.5. The first-order valence-corrected chi connectivity index (χ1v) is 9.61. The van der Waals surface area contributed by atoms with Crippen LogP contribution in [-0.2, 0) is 16.1 Å². The second kappa shape index (κ2) is 10.5. The van der Waals surface area contributed by atoms with Gasteiger partial charge in [0.25, 0.3) is 5.91 Å². The van der Waals surface area contributed by atoms with E-state index in [0.29, 0.717) is 22.8 Å². The standard InChI is InChI=1S/C20H23NO6S/c1-24-16-9-13(10-17(25-2)19(16)26-3)11-21-18(22)12-27-20(23)14-5-7-15(28-4)8-6-14/h5-10H,11-12H2,1-4H3,(H,21,22). The Labute approximate surface area is 168 Å². The van der Waals surface area contributed by atoms with E-state index in [2.05, 4.69) is 5.32 Å². The summed E-state index contributed by atoms with van der Waals surface area (Å²) in [5, 5.41) is 2.69. The molecule has 150 valence electrons. The smallest absolute Gasteiger partial charge is 0.338 e. The first-order valence-electron chi connectivity index (χ1n) is 8.39. The van der Waals surface area contributed by atoms with Crippen molar-refractivity contribution in [3.63, 3.8) is 0 Å². The summed E-state index contributed by atoms with van der Waals surface area (Å²) in [5.74, 6) is 0.498. The van der Waals surface area contributed by atoms with Crippen LogP contribution in [0.1, 0.15) is 15.9 Å². The number of esters is 1. The highest BCUT2D eigenvalue weighted by atomic mass is 32.2. The van der Waals surface area contributed by atoms with Crippen LogP contribution in [-0.4, -0.2) is 46.1 Å². The van der Waals surface area contributed by atoms with Gasteiger partial charge in [0, 0.05) is 11.4 Å². The molecule has 2 aromatic rings. The largest absolute Gasteiger partial charge is 0.493 e. The van der Waals surface area contributed by atoms with Gasteiger partial charge in [-0.1, -0.05) is 0 Å². The van der Waals surface area contributed by atoms with E-state index in [1.54, 1.807) is 36.0 Å². The minimum atomic E-state index is -0.546. The van der Waals surface area contributed by atoms with E-state index in [-0.39, 0.29) is 13.2 Å². The summed E-state index contributed by atoms with van der Waals surface area (Å²) in [6.45, 7) is -0.150. The molecule has 0 heterocycles. The molecule has 8 heteroatoms. The number of thioether (sulfide) groups is 1. The molecular formula is C20H23NO6S. The van der Waals surface area contributed by atoms with Gasteiger partial charge in [-0.05, 0) is 48.2 Å². The number of hydrogen-bond acceptors (Lipinski definition) is 7. The number of carbonyl (C=O) groups is 2. The number of hydrogen-bond donors (Lipinski definition) is 1. The van der Waals surface area contributed by atoms with E-state index in [4.69, 9.17) is 18.9 Å². The molecule has 0 radical (unpaired) electrons. The molecule has 1 N–H and O–H groups in total. The van der Waals surface area contributed by atoms with Gasteiger partial charge in [-0.3, -0.25) is 4.79 Å². The SMILES string of the molecule is COc1cc(CNC(=O)COC(=O)c2ccc(SC)cc2)cc(OC)c1OC. The third-order valence-electron chi connectivity index (χ3n) is 3.87. The number of rotatable bonds is 9. The molecule has 0 saturated carbocycles. The van der Waals surface area contributed by atoms with Crippen LogP contribution < -0.4 is 19.5 Å². The Balaban J connectivity index is 1.90. The number of benzene rings is 2. The van der Waals surface area contributed by atoms with Crippen LogP contribution in [0.15, 0.2) is 41.3 Å². The second-order valence-electron chi connectivity index (χ2n) is 5.61. The van der Waals surface area contributed by atoms with E-state index in [0.717, 1.165) is 10.5 Å². The minimum absolute atomic E-state index is 0.218. The molecule has 0 bridgehead atoms. The molecule has 0 atom stereocenters. The molecule has 2 rings (SSSR count). The van der Waals surface area contributed by atoms with Crippen molar-refractivity contribution in [3.05, 3.63) is 47.5 Å². The molecule has 1 amide bonds. The fourth-order valence-electron chi connectivity index (χ4n) is 2.43. The zero-order chi connectivity index (χ0) is 20.5. The summed E-state index contributed by atoms with van der Waals surface area (Å²) < 4.78 is 20.9. The Hall–Kier alpha value is -2.87. The highest BCUT2D eigenvalue weighted by Crippen LogP contribution is 2.38. The zero-order valence-electron chi connectivity index (χ0n) is 16.2. The molecule has 7 nitrogen and oxygen atoms in total. The van der Waals surface area contributed by atoms with E-state index < -0.39 is 11.9 Å². The Morgan fingerprint density at radius 3 is 2.07 bits per heavy atom. The molecule has 0 aliphatic rings. The molecule has 0 spiro atoms. The van der Waals surface area contributed by atoms with E-state index in [1.165, 1.54) is 21.3 Å². The van der Waals surface area contributed by atoms with E-state index in [9.17, 15) is 9.59 Å². The first kappa shape index (κ1) is 21.4. The van der Waals surface area contributed by atoms with Crippen LogP contribution in [0.5, 0.6) is 17.2 Å². The van der Waals surface area contributed by atoms with Crippen LogP contribution in [0.2, 0.25) is 0 Å². The van der Waals surface area contributed by atoms with Crippen molar-refractivity contribution in [2.45, 2.75) is 11.4 Å². The number of amides is 1. The number of nitrogens with one attached hydrogen (secondary N) is 1. The summed E-state index contributed by atoms with van der Waals surface area (Å²) in [5.41, 5.74) is 1.15. The average molecular weight is 405 g/mol. The highest BCUT2D eigenvalue weighted by Gasteiger charge is 2.14. The van der Waals surface area contributed by atoms with Crippen LogP contribution in [0.4, 0.5) is 0 Å². The molecule has 0 fully saturated rings. The first-order chi connectivity index (χ1) is 13.5. The lowest BCUT2D eigenvalue weighted by molar-refractivity contribution is -0.124. The lowest BCUT2D eigenvalue weighted by Crippen LogP contribution is -2.28. The summed E-state index contributed by atoms with van der Waals surface area (Å²) in [7, 11) is 4.56. The van der Waals surface area contributed by atoms with Crippen molar-refractivity contribution in [2.75, 3.05) is 34.2 Å². The monoisotopic (exact) mass is 405 g/mol. The van der Waals surface area contributed by atoms with Gasteiger partial charge in [0.15, 0.2) is 18.1 Å². The fraction of sp³-hybridized carbons (Fsp3) is 0.300. The lowest BCUT2D eigenvalue weighted by Gasteiger charge is -2.14. The van der Waals surface area contributed by atoms with Gasteiger partial charge in [0.2, 0.25) is 5.75 Å². The van der Waals surface area contributed by atoms with Crippen LogP contribution in [0.25, 0.3) is 0 Å². The van der Waals surface area contributed by atoms with Crippen molar-refractivity contribution in [3.8, 4) is 17.2 Å². The van der Waals surface area contributed by atoms with Crippen molar-refractivity contribution in [2.24, 2.45) is 0 Å². The number of carbonyl (C=O) groups excluding carboxylic acids is 2. The van der Waals surface area contributed by atoms with Crippen LogP contribution in [0.3, 0.4) is 0 Å². The third-order valence-corrected chi connectivity index (χ3v) is 4.62. The van der Waals surface area contributed by atoms with Gasteiger partial charge >= 0.3 is 5.97 Å². The van der Waals surface area contributed by atoms with Crippen molar-refractivity contribution in [1.29, 1.82) is 0 Å². The van der Waals surface area contributed by atoms with Gasteiger partial charge in [0.05, 0.1) is 26.9 Å². The Bertz CT molecular complexity index is 797. The van der Waals surface area contributed by atoms with Gasteiger partial charge in [0.1, 0.15) is 0 Å². The molecule has 0 aliphatic carbocycles. The minimum Gasteiger partial charge on any atom is -0.493 e. The topological polar surface area (TPSA) is 83.1 Å².